The van der Waals surface area contributed by atoms with Crippen molar-refractivity contribution in [2.45, 2.75) is 32.2 Å². The largest absolute Gasteiger partial charge is 0.368 e. The first-order chi connectivity index (χ1) is 9.60. The maximum atomic E-state index is 13.7. The molecule has 4 nitrogen and oxygen atoms in total. The van der Waals surface area contributed by atoms with Crippen molar-refractivity contribution < 1.29 is 13.0 Å². The minimum Gasteiger partial charge on any atom is -0.368 e. The molecule has 0 aliphatic carbocycles. The summed E-state index contributed by atoms with van der Waals surface area (Å²) >= 11 is 0. The smallest absolute Gasteiger partial charge is 0.168 e. The van der Waals surface area contributed by atoms with Crippen LogP contribution < -0.4 is 10.6 Å². The molecule has 112 valence electrons. The molecular formula is C13H19F2N3OS. The molecule has 20 heavy (non-hydrogen) atoms. The highest BCUT2D eigenvalue weighted by Gasteiger charge is 2.20. The Labute approximate surface area is 119 Å². The third-order valence-electron chi connectivity index (χ3n) is 3.20. The van der Waals surface area contributed by atoms with E-state index in [0.29, 0.717) is 30.9 Å². The van der Waals surface area contributed by atoms with Crippen molar-refractivity contribution in [2.75, 3.05) is 28.7 Å². The van der Waals surface area contributed by atoms with Crippen LogP contribution in [0.3, 0.4) is 0 Å². The van der Waals surface area contributed by atoms with Crippen LogP contribution >= 0.6 is 0 Å². The van der Waals surface area contributed by atoms with E-state index in [4.69, 9.17) is 0 Å². The average Bonchev–Trinajstić information content (AvgIpc) is 2.43. The molecule has 1 fully saturated rings. The zero-order valence-corrected chi connectivity index (χ0v) is 12.2. The number of nitrogens with zero attached hydrogens (tertiary/aromatic N) is 1. The van der Waals surface area contributed by atoms with Crippen LogP contribution in [0.5, 0.6) is 0 Å². The number of hydrogen-bond acceptors (Lipinski definition) is 4. The lowest BCUT2D eigenvalue weighted by atomic mass is 10.1. The van der Waals surface area contributed by atoms with Gasteiger partial charge >= 0.3 is 0 Å². The van der Waals surface area contributed by atoms with Gasteiger partial charge in [-0.25, -0.2) is 13.8 Å². The van der Waals surface area contributed by atoms with Crippen molar-refractivity contribution >= 4 is 22.4 Å². The summed E-state index contributed by atoms with van der Waals surface area (Å²) in [6.45, 7) is 2.53. The maximum absolute atomic E-state index is 13.7. The van der Waals surface area contributed by atoms with E-state index in [1.807, 2.05) is 6.92 Å². The van der Waals surface area contributed by atoms with Gasteiger partial charge in [0.1, 0.15) is 0 Å². The molecule has 2 rings (SSSR count). The van der Waals surface area contributed by atoms with E-state index < -0.39 is 22.4 Å². The van der Waals surface area contributed by atoms with Gasteiger partial charge in [-0.15, -0.1) is 0 Å². The summed E-state index contributed by atoms with van der Waals surface area (Å²) in [7, 11) is -0.763. The predicted molar refractivity (Wildman–Crippen MR) is 77.5 cm³/mol. The number of pyridine rings is 1. The zero-order valence-electron chi connectivity index (χ0n) is 11.4. The van der Waals surface area contributed by atoms with Crippen LogP contribution in [-0.2, 0) is 10.8 Å². The van der Waals surface area contributed by atoms with Crippen LogP contribution in [0.4, 0.5) is 20.4 Å². The minimum absolute atomic E-state index is 0.0409. The number of rotatable bonds is 5. The van der Waals surface area contributed by atoms with Crippen molar-refractivity contribution in [3.8, 4) is 0 Å². The molecule has 0 saturated carbocycles. The van der Waals surface area contributed by atoms with Gasteiger partial charge in [0.05, 0.1) is 0 Å². The fraction of sp³-hybridized carbons (Fsp3) is 0.615. The normalized spacial score (nSPS) is 22.6. The van der Waals surface area contributed by atoms with E-state index in [-0.39, 0.29) is 17.7 Å². The van der Waals surface area contributed by atoms with E-state index >= 15 is 0 Å². The molecule has 0 spiro atoms. The van der Waals surface area contributed by atoms with E-state index in [9.17, 15) is 13.0 Å². The molecule has 1 saturated heterocycles. The van der Waals surface area contributed by atoms with Crippen molar-refractivity contribution in [3.63, 3.8) is 0 Å². The van der Waals surface area contributed by atoms with Gasteiger partial charge in [-0.2, -0.15) is 0 Å². The SMILES string of the molecule is CCCNc1nc(NC2CCS(=O)CC2)c(F)cc1F. The average molecular weight is 303 g/mol. The van der Waals surface area contributed by atoms with Crippen molar-refractivity contribution in [3.05, 3.63) is 17.7 Å². The van der Waals surface area contributed by atoms with Crippen LogP contribution in [0.2, 0.25) is 0 Å². The van der Waals surface area contributed by atoms with Gasteiger partial charge in [0.2, 0.25) is 0 Å². The van der Waals surface area contributed by atoms with Crippen LogP contribution in [-0.4, -0.2) is 33.3 Å². The molecule has 0 aromatic carbocycles. The molecule has 0 amide bonds. The molecule has 1 aliphatic rings. The van der Waals surface area contributed by atoms with Gasteiger partial charge in [-0.3, -0.25) is 4.21 Å². The van der Waals surface area contributed by atoms with Gasteiger partial charge in [0, 0.05) is 41.0 Å². The second-order valence-electron chi connectivity index (χ2n) is 4.84. The molecule has 1 aliphatic heterocycles. The Morgan fingerprint density at radius 1 is 1.30 bits per heavy atom. The van der Waals surface area contributed by atoms with Crippen molar-refractivity contribution in [1.82, 2.24) is 4.98 Å². The topological polar surface area (TPSA) is 54.0 Å². The lowest BCUT2D eigenvalue weighted by Crippen LogP contribution is -2.30. The highest BCUT2D eigenvalue weighted by Crippen LogP contribution is 2.22. The summed E-state index contributed by atoms with van der Waals surface area (Å²) in [5.74, 6) is -0.0386. The van der Waals surface area contributed by atoms with E-state index in [1.165, 1.54) is 0 Å². The molecule has 0 radical (unpaired) electrons. The molecule has 1 aromatic rings. The number of hydrogen-bond donors (Lipinski definition) is 2. The second-order valence-corrected chi connectivity index (χ2v) is 6.54. The Hall–Kier alpha value is -1.24. The van der Waals surface area contributed by atoms with Gasteiger partial charge in [-0.1, -0.05) is 6.92 Å². The molecule has 0 atom stereocenters. The number of aromatic nitrogens is 1. The van der Waals surface area contributed by atoms with Gasteiger partial charge < -0.3 is 10.6 Å². The Balaban J connectivity index is 2.08. The van der Waals surface area contributed by atoms with Crippen LogP contribution in [0.1, 0.15) is 26.2 Å². The molecule has 0 unspecified atom stereocenters. The van der Waals surface area contributed by atoms with E-state index in [2.05, 4.69) is 15.6 Å². The Morgan fingerprint density at radius 2 is 1.95 bits per heavy atom. The monoisotopic (exact) mass is 303 g/mol. The molecule has 0 bridgehead atoms. The molecule has 1 aromatic heterocycles. The van der Waals surface area contributed by atoms with E-state index in [1.54, 1.807) is 0 Å². The first-order valence-corrected chi connectivity index (χ1v) is 8.30. The standard InChI is InChI=1S/C13H19F2N3OS/c1-2-5-16-12-10(14)8-11(15)13(18-12)17-9-3-6-20(19)7-4-9/h8-9H,2-7H2,1H3,(H2,16,17,18). The van der Waals surface area contributed by atoms with Crippen molar-refractivity contribution in [1.29, 1.82) is 0 Å². The summed E-state index contributed by atoms with van der Waals surface area (Å²) in [6, 6.07) is 0.882. The van der Waals surface area contributed by atoms with Crippen LogP contribution in [0.25, 0.3) is 0 Å². The van der Waals surface area contributed by atoms with Gasteiger partial charge in [-0.05, 0) is 19.3 Å². The summed E-state index contributed by atoms with van der Waals surface area (Å²) < 4.78 is 38.6. The predicted octanol–water partition coefficient (Wildman–Crippen LogP) is 2.50. The first kappa shape index (κ1) is 15.2. The van der Waals surface area contributed by atoms with E-state index in [0.717, 1.165) is 12.5 Å². The Bertz CT molecular complexity index is 489. The highest BCUT2D eigenvalue weighted by atomic mass is 32.2. The second kappa shape index (κ2) is 6.97. The molecule has 2 N–H and O–H groups in total. The quantitative estimate of drug-likeness (QED) is 0.877. The summed E-state index contributed by atoms with van der Waals surface area (Å²) in [5.41, 5.74) is 0. The molecule has 2 heterocycles. The third-order valence-corrected chi connectivity index (χ3v) is 4.58. The lowest BCUT2D eigenvalue weighted by Gasteiger charge is -2.23. The number of anilines is 2. The lowest BCUT2D eigenvalue weighted by molar-refractivity contribution is 0.569. The summed E-state index contributed by atoms with van der Waals surface area (Å²) in [6.07, 6.45) is 2.25. The minimum atomic E-state index is -0.763. The Morgan fingerprint density at radius 3 is 2.60 bits per heavy atom. The summed E-state index contributed by atoms with van der Waals surface area (Å²) in [4.78, 5) is 3.97. The molecule has 7 heteroatoms. The fourth-order valence-corrected chi connectivity index (χ4v) is 3.37. The van der Waals surface area contributed by atoms with Gasteiger partial charge in [0.15, 0.2) is 23.3 Å². The number of halogens is 2. The third kappa shape index (κ3) is 3.88. The highest BCUT2D eigenvalue weighted by molar-refractivity contribution is 7.85. The first-order valence-electron chi connectivity index (χ1n) is 6.81. The Kier molecular flexibility index (Phi) is 5.28. The fourth-order valence-electron chi connectivity index (χ4n) is 2.07. The summed E-state index contributed by atoms with van der Waals surface area (Å²) in [5, 5.41) is 5.82. The van der Waals surface area contributed by atoms with Crippen molar-refractivity contribution in [2.24, 2.45) is 0 Å². The number of nitrogens with one attached hydrogen (secondary N) is 2. The van der Waals surface area contributed by atoms with Crippen LogP contribution in [0, 0.1) is 11.6 Å². The maximum Gasteiger partial charge on any atom is 0.168 e. The van der Waals surface area contributed by atoms with Crippen LogP contribution in [0.15, 0.2) is 6.07 Å². The molecular weight excluding hydrogens is 284 g/mol. The van der Waals surface area contributed by atoms with Gasteiger partial charge in [0.25, 0.3) is 0 Å². The zero-order chi connectivity index (χ0) is 14.5.